The SMILES string of the molecule is CC[C@@]1(C(=O)OC)CCC(=O)N1c1nc(C)ncc1[N+](=O)[O-].CC[C@@]1(C(=O)OC)CCC(=O)N1c1nc(Cl)ncc1[N+](=O)[O-].CC[C@@]1(C(=O)OC)CCCCN1c1nc(Cl)ncc1[N+](=O)[O-].CC[C@@]12CCC(=O)N1c1nc(-n3ccnc3-c3ccccc3)ncc1CC2=O.CC[C@@]12CCC(=O)N1c1nc(-n3ccnc3-c3ccccc3)ncc1N(C)C2=O.c1ccc(-c2ncc[nH]2)cc1.c1ccc(-c2ncc[nH]2)cc1. The van der Waals surface area contributed by atoms with Crippen LogP contribution in [0.4, 0.5) is 51.8 Å². The number of esters is 3. The van der Waals surface area contributed by atoms with Gasteiger partial charge in [-0.3, -0.25) is 87.8 Å². The van der Waals surface area contributed by atoms with Crippen molar-refractivity contribution < 1.29 is 72.1 Å². The highest BCUT2D eigenvalue weighted by Crippen LogP contribution is 2.50. The number of anilines is 6. The number of fused-ring (bicyclic) bond motifs is 6. The monoisotopic (exact) mass is 2010 g/mol. The van der Waals surface area contributed by atoms with Crippen molar-refractivity contribution in [3.05, 3.63) is 254 Å². The van der Waals surface area contributed by atoms with Crippen molar-refractivity contribution in [3.63, 3.8) is 0 Å². The van der Waals surface area contributed by atoms with Crippen molar-refractivity contribution in [3.8, 4) is 57.4 Å². The number of Topliss-reactive ketones (excluding diaryl/α,β-unsaturated/α-hetero) is 1. The molecule has 0 saturated carbocycles. The van der Waals surface area contributed by atoms with Gasteiger partial charge in [-0.25, -0.2) is 64.2 Å². The first-order valence-corrected chi connectivity index (χ1v) is 47.1. The molecular formula is C98H101Cl2N27O18. The van der Waals surface area contributed by atoms with Gasteiger partial charge in [-0.2, -0.15) is 19.9 Å². The zero-order chi connectivity index (χ0) is 104. The molecule has 0 unspecified atom stereocenters. The zero-order valence-corrected chi connectivity index (χ0v) is 82.1. The Hall–Kier alpha value is -16.9. The number of nitrogens with one attached hydrogen (secondary N) is 2. The third-order valence-corrected chi connectivity index (χ3v) is 26.8. The number of piperidine rings is 1. The molecule has 5 amide bonds. The summed E-state index contributed by atoms with van der Waals surface area (Å²) in [7, 11) is 5.45. The number of hydrogen-bond acceptors (Lipinski definition) is 33. The Bertz CT molecular complexity index is 6800. The van der Waals surface area contributed by atoms with E-state index in [2.05, 4.69) is 69.8 Å². The number of H-pyrrole nitrogens is 2. The quantitative estimate of drug-likeness (QED) is 0.0235. The summed E-state index contributed by atoms with van der Waals surface area (Å²) in [4.78, 5) is 217. The highest BCUT2D eigenvalue weighted by Gasteiger charge is 2.59. The lowest BCUT2D eigenvalue weighted by atomic mass is 9.82. The summed E-state index contributed by atoms with van der Waals surface area (Å²) in [6.45, 7) is 11.2. The van der Waals surface area contributed by atoms with Crippen LogP contribution in [0.3, 0.4) is 0 Å². The lowest BCUT2D eigenvalue weighted by molar-refractivity contribution is -0.384. The van der Waals surface area contributed by atoms with E-state index in [1.807, 2.05) is 154 Å². The molecule has 13 aromatic rings. The van der Waals surface area contributed by atoms with Crippen LogP contribution in [0.25, 0.3) is 57.4 Å². The normalized spacial score (nSPS) is 19.3. The number of ether oxygens (including phenoxy) is 3. The van der Waals surface area contributed by atoms with E-state index < -0.39 is 83.6 Å². The number of benzene rings is 4. The van der Waals surface area contributed by atoms with Gasteiger partial charge in [0.15, 0.2) is 11.6 Å². The lowest BCUT2D eigenvalue weighted by Crippen LogP contribution is -2.60. The average Bonchev–Trinajstić information content (AvgIpc) is 1.61. The number of carbonyl (C=O) groups is 9. The Balaban J connectivity index is 0.000000137. The van der Waals surface area contributed by atoms with E-state index in [1.54, 1.807) is 106 Å². The molecule has 9 aromatic heterocycles. The molecule has 750 valence electrons. The maximum absolute atomic E-state index is 13.1. The largest absolute Gasteiger partial charge is 0.467 e. The summed E-state index contributed by atoms with van der Waals surface area (Å²) in [5.41, 5.74) is -0.980. The molecule has 0 bridgehead atoms. The number of aromatic nitrogens is 18. The van der Waals surface area contributed by atoms with Crippen molar-refractivity contribution in [2.24, 2.45) is 0 Å². The highest BCUT2D eigenvalue weighted by molar-refractivity contribution is 6.29. The standard InChI is InChI=1S/C21H20N6O2.C21H19N5O2.C13H17ClN4O4.C13H16N4O5.C12H13ClN4O5.2C9H8N2/c1-3-21-10-9-16(28)27(21)18-15(25(2)19(21)29)13-23-20(24-18)26-12-11-22-17(26)14-7-5-4-6-8-14;1-2-21-9-8-17(28)26(21)19-15(12-16(21)27)13-23-20(24-19)25-11-10-22-18(25)14-6-4-3-5-7-14;1-3-13(11(19)22-2)6-4-5-7-17(13)10-9(18(20)21)8-15-12(14)16-10;1-4-13(12(19)22-3)6-5-10(18)16(13)11-9(17(20)21)7-14-8(2)15-11;1-3-12(10(19)22-2)5-4-8(18)16(12)9-7(17(20)21)6-14-11(13)15-9;2*1-2-4-8(5-3-1)9-10-6-7-11-9/h4-8,11-13H,3,9-10H2,1-2H3;3-7,10-11,13H,2,8-9,12H2,1H3;8H,3-7H2,1-2H3;7H,4-6H2,1-3H3;6H,3-5H2,1-2H3;2*1-7H,(H,10,11)/t2*21-;2*13-;12-;;/m00000../s1. The summed E-state index contributed by atoms with van der Waals surface area (Å²) in [5.74, 6) is 2.41. The number of methoxy groups -OCH3 is 3. The fraction of sp³-hybridized carbons (Fsp3) is 0.337. The van der Waals surface area contributed by atoms with Crippen LogP contribution < -0.4 is 29.4 Å². The molecule has 0 spiro atoms. The van der Waals surface area contributed by atoms with Crippen LogP contribution in [-0.2, 0) is 63.8 Å². The Morgan fingerprint density at radius 2 is 0.821 bits per heavy atom. The maximum atomic E-state index is 13.1. The molecule has 4 aromatic carbocycles. The molecule has 0 aliphatic carbocycles. The minimum Gasteiger partial charge on any atom is -0.467 e. The van der Waals surface area contributed by atoms with Crippen molar-refractivity contribution in [2.45, 2.75) is 178 Å². The Kier molecular flexibility index (Phi) is 32.2. The van der Waals surface area contributed by atoms with Crippen LogP contribution in [0.1, 0.15) is 149 Å². The smallest absolute Gasteiger partial charge is 0.332 e. The van der Waals surface area contributed by atoms with E-state index in [4.69, 9.17) is 47.4 Å². The summed E-state index contributed by atoms with van der Waals surface area (Å²) >= 11 is 11.5. The number of aromatic amines is 2. The number of aryl methyl sites for hydroxylation is 1. The average molecular weight is 2020 g/mol. The molecular weight excluding hydrogens is 1910 g/mol. The van der Waals surface area contributed by atoms with Gasteiger partial charge in [0, 0.05) is 129 Å². The molecule has 20 rings (SSSR count). The molecule has 45 nitrogen and oxygen atoms in total. The van der Waals surface area contributed by atoms with Crippen LogP contribution in [0, 0.1) is 37.3 Å². The minimum atomic E-state index is -1.33. The topological polar surface area (TPSA) is 552 Å². The van der Waals surface area contributed by atoms with Gasteiger partial charge in [-0.1, -0.05) is 156 Å². The molecule has 5 atom stereocenters. The number of likely N-dealkylation sites (N-methyl/N-ethyl adjacent to an activating group) is 1. The van der Waals surface area contributed by atoms with Gasteiger partial charge in [0.1, 0.15) is 86.9 Å². The number of rotatable bonds is 20. The second-order valence-corrected chi connectivity index (χ2v) is 34.6. The van der Waals surface area contributed by atoms with Crippen molar-refractivity contribution in [2.75, 3.05) is 64.3 Å². The van der Waals surface area contributed by atoms with Crippen LogP contribution in [-0.4, -0.2) is 219 Å². The van der Waals surface area contributed by atoms with Gasteiger partial charge in [0.05, 0.1) is 42.3 Å². The van der Waals surface area contributed by atoms with E-state index in [9.17, 15) is 73.5 Å². The summed E-state index contributed by atoms with van der Waals surface area (Å²) in [5, 5.41) is 33.3. The van der Waals surface area contributed by atoms with Gasteiger partial charge in [0.2, 0.25) is 63.5 Å². The first-order chi connectivity index (χ1) is 69.8. The Morgan fingerprint density at radius 3 is 1.26 bits per heavy atom. The van der Waals surface area contributed by atoms with Crippen LogP contribution in [0.15, 0.2) is 202 Å². The number of hydrogen-bond donors (Lipinski definition) is 2. The van der Waals surface area contributed by atoms with Crippen molar-refractivity contribution in [1.29, 1.82) is 0 Å². The van der Waals surface area contributed by atoms with Gasteiger partial charge in [-0.15, -0.1) is 0 Å². The van der Waals surface area contributed by atoms with Gasteiger partial charge < -0.3 is 34.0 Å². The molecule has 5 fully saturated rings. The number of carbonyl (C=O) groups excluding carboxylic acids is 9. The molecule has 5 saturated heterocycles. The second-order valence-electron chi connectivity index (χ2n) is 34.0. The summed E-state index contributed by atoms with van der Waals surface area (Å²) < 4.78 is 18.1. The third kappa shape index (κ3) is 20.6. The summed E-state index contributed by atoms with van der Waals surface area (Å²) in [6.07, 6.45) is 27.3. The number of halogens is 2. The molecule has 16 heterocycles. The predicted octanol–water partition coefficient (Wildman–Crippen LogP) is 14.4. The van der Waals surface area contributed by atoms with Crippen molar-refractivity contribution in [1.82, 2.24) is 88.9 Å². The third-order valence-electron chi connectivity index (χ3n) is 26.5. The van der Waals surface area contributed by atoms with Crippen LogP contribution >= 0.6 is 23.2 Å². The van der Waals surface area contributed by atoms with Gasteiger partial charge in [0.25, 0.3) is 5.91 Å². The Morgan fingerprint density at radius 1 is 0.421 bits per heavy atom. The number of amides is 5. The van der Waals surface area contributed by atoms with Crippen LogP contribution in [0.2, 0.25) is 10.6 Å². The minimum absolute atomic E-state index is 0.0466. The van der Waals surface area contributed by atoms with Crippen LogP contribution in [0.5, 0.6) is 0 Å². The zero-order valence-electron chi connectivity index (χ0n) is 80.6. The fourth-order valence-corrected chi connectivity index (χ4v) is 19.2. The predicted molar refractivity (Wildman–Crippen MR) is 529 cm³/mol. The number of imidazole rings is 4. The number of nitrogens with zero attached hydrogens (tertiary/aromatic N) is 25. The van der Waals surface area contributed by atoms with Gasteiger partial charge >= 0.3 is 35.0 Å². The number of ketones is 1. The first-order valence-electron chi connectivity index (χ1n) is 46.3. The fourth-order valence-electron chi connectivity index (χ4n) is 18.9. The number of nitro groups is 3. The van der Waals surface area contributed by atoms with E-state index >= 15 is 0 Å². The van der Waals surface area contributed by atoms with E-state index in [0.29, 0.717) is 98.5 Å². The Labute approximate surface area is 839 Å². The van der Waals surface area contributed by atoms with Gasteiger partial charge in [-0.05, 0) is 107 Å². The summed E-state index contributed by atoms with van der Waals surface area (Å²) in [6, 6.07) is 39.7. The molecule has 0 radical (unpaired) electrons. The first kappa shape index (κ1) is 104. The molecule has 7 aliphatic rings. The van der Waals surface area contributed by atoms with E-state index in [0.717, 1.165) is 81.0 Å². The van der Waals surface area contributed by atoms with Crippen molar-refractivity contribution >= 4 is 128 Å². The molecule has 145 heavy (non-hydrogen) atoms. The maximum Gasteiger partial charge on any atom is 0.332 e. The lowest BCUT2D eigenvalue weighted by Gasteiger charge is -2.44. The second kappa shape index (κ2) is 44.9. The molecule has 47 heteroatoms. The van der Waals surface area contributed by atoms with E-state index in [1.165, 1.54) is 21.3 Å². The highest BCUT2D eigenvalue weighted by atomic mass is 35.5. The molecule has 7 aliphatic heterocycles. The van der Waals surface area contributed by atoms with E-state index in [-0.39, 0.29) is 108 Å². The molecule has 2 N–H and O–H groups in total.